The molecule has 0 aliphatic carbocycles. The smallest absolute Gasteiger partial charge is 0.410 e. The van der Waals surface area contributed by atoms with Gasteiger partial charge >= 0.3 is 6.09 Å². The highest BCUT2D eigenvalue weighted by atomic mass is 19.1. The Morgan fingerprint density at radius 3 is 2.56 bits per heavy atom. The fourth-order valence-corrected chi connectivity index (χ4v) is 4.46. The summed E-state index contributed by atoms with van der Waals surface area (Å²) >= 11 is 0. The van der Waals surface area contributed by atoms with Crippen LogP contribution in [0.5, 0.6) is 5.75 Å². The Bertz CT molecular complexity index is 1430. The minimum atomic E-state index is -0.513. The number of hydrogen-bond donors (Lipinski definition) is 3. The molecule has 3 aromatic rings. The first kappa shape index (κ1) is 27.6. The van der Waals surface area contributed by atoms with Crippen LogP contribution in [0.2, 0.25) is 0 Å². The zero-order valence-corrected chi connectivity index (χ0v) is 22.3. The van der Waals surface area contributed by atoms with Gasteiger partial charge in [-0.15, -0.1) is 0 Å². The number of aromatic nitrogens is 1. The molecule has 3 N–H and O–H groups in total. The molecule has 0 spiro atoms. The van der Waals surface area contributed by atoms with E-state index < -0.39 is 11.9 Å². The van der Waals surface area contributed by atoms with Gasteiger partial charge in [-0.25, -0.2) is 9.18 Å². The number of halogens is 1. The summed E-state index contributed by atoms with van der Waals surface area (Å²) in [5.41, 5.74) is 4.58. The Morgan fingerprint density at radius 1 is 1.13 bits per heavy atom. The number of carbonyl (C=O) groups is 3. The second-order valence-corrected chi connectivity index (χ2v) is 9.15. The largest absolute Gasteiger partial charge is 0.415 e. The van der Waals surface area contributed by atoms with Gasteiger partial charge in [0, 0.05) is 49.4 Å². The number of ether oxygens (including phenoxy) is 2. The number of methoxy groups -OCH3 is 1. The Labute approximate surface area is 226 Å². The minimum Gasteiger partial charge on any atom is -0.410 e. The highest BCUT2D eigenvalue weighted by molar-refractivity contribution is 6.34. The predicted octanol–water partition coefficient (Wildman–Crippen LogP) is 4.66. The molecular weight excluding hydrogens is 503 g/mol. The molecule has 0 bridgehead atoms. The SMILES string of the molecule is CCN(CCNC(=O)c1c(C)[nH]c(/C=C2\C(=O)Nc3ccc(F)cc32)c1C)C(=O)Oc1ccc(COC)cc1. The summed E-state index contributed by atoms with van der Waals surface area (Å²) in [5, 5.41) is 5.57. The van der Waals surface area contributed by atoms with Gasteiger partial charge in [0.25, 0.3) is 11.8 Å². The van der Waals surface area contributed by atoms with Crippen LogP contribution in [-0.2, 0) is 16.1 Å². The van der Waals surface area contributed by atoms with Crippen molar-refractivity contribution in [2.45, 2.75) is 27.4 Å². The van der Waals surface area contributed by atoms with Gasteiger partial charge in [0.15, 0.2) is 0 Å². The molecule has 9 nitrogen and oxygen atoms in total. The minimum absolute atomic E-state index is 0.212. The van der Waals surface area contributed by atoms with E-state index in [2.05, 4.69) is 15.6 Å². The van der Waals surface area contributed by atoms with Crippen molar-refractivity contribution >= 4 is 35.2 Å². The van der Waals surface area contributed by atoms with Crippen LogP contribution in [0.15, 0.2) is 42.5 Å². The van der Waals surface area contributed by atoms with Gasteiger partial charge in [-0.2, -0.15) is 0 Å². The lowest BCUT2D eigenvalue weighted by atomic mass is 10.0. The van der Waals surface area contributed by atoms with Crippen LogP contribution in [0.4, 0.5) is 14.9 Å². The van der Waals surface area contributed by atoms with E-state index in [0.717, 1.165) is 5.56 Å². The summed E-state index contributed by atoms with van der Waals surface area (Å²) in [6.07, 6.45) is 1.11. The molecule has 0 radical (unpaired) electrons. The van der Waals surface area contributed by atoms with E-state index in [1.165, 1.54) is 23.1 Å². The summed E-state index contributed by atoms with van der Waals surface area (Å²) in [7, 11) is 1.61. The molecule has 3 amide bonds. The third kappa shape index (κ3) is 6.18. The number of H-pyrrole nitrogens is 1. The highest BCUT2D eigenvalue weighted by Gasteiger charge is 2.26. The number of nitrogens with one attached hydrogen (secondary N) is 3. The Hall–Kier alpha value is -4.44. The fourth-order valence-electron chi connectivity index (χ4n) is 4.46. The molecule has 0 atom stereocenters. The third-order valence-corrected chi connectivity index (χ3v) is 6.50. The van der Waals surface area contributed by atoms with Crippen LogP contribution in [0.1, 0.15) is 45.4 Å². The number of nitrogens with zero attached hydrogens (tertiary/aromatic N) is 1. The molecule has 0 fully saturated rings. The van der Waals surface area contributed by atoms with Gasteiger partial charge in [-0.3, -0.25) is 9.59 Å². The molecule has 1 aromatic heterocycles. The molecule has 0 saturated heterocycles. The van der Waals surface area contributed by atoms with Crippen molar-refractivity contribution in [2.75, 3.05) is 32.1 Å². The number of benzene rings is 2. The predicted molar refractivity (Wildman–Crippen MR) is 146 cm³/mol. The Kier molecular flexibility index (Phi) is 8.46. The number of anilines is 1. The fraction of sp³-hybridized carbons (Fsp3) is 0.276. The molecule has 204 valence electrons. The molecule has 2 heterocycles. The number of hydrogen-bond acceptors (Lipinski definition) is 5. The topological polar surface area (TPSA) is 113 Å². The van der Waals surface area contributed by atoms with E-state index in [-0.39, 0.29) is 24.9 Å². The summed E-state index contributed by atoms with van der Waals surface area (Å²) in [6, 6.07) is 11.2. The van der Waals surface area contributed by atoms with E-state index in [9.17, 15) is 18.8 Å². The zero-order chi connectivity index (χ0) is 28.1. The lowest BCUT2D eigenvalue weighted by molar-refractivity contribution is -0.110. The quantitative estimate of drug-likeness (QED) is 0.346. The third-order valence-electron chi connectivity index (χ3n) is 6.50. The van der Waals surface area contributed by atoms with E-state index in [4.69, 9.17) is 9.47 Å². The van der Waals surface area contributed by atoms with Gasteiger partial charge in [0.1, 0.15) is 11.6 Å². The van der Waals surface area contributed by atoms with Gasteiger partial charge < -0.3 is 30.0 Å². The monoisotopic (exact) mass is 534 g/mol. The van der Waals surface area contributed by atoms with Crippen LogP contribution in [0, 0.1) is 19.7 Å². The van der Waals surface area contributed by atoms with Crippen molar-refractivity contribution in [1.29, 1.82) is 0 Å². The number of likely N-dealkylation sites (N-methyl/N-ethyl adjacent to an activating group) is 1. The molecule has 39 heavy (non-hydrogen) atoms. The summed E-state index contributed by atoms with van der Waals surface area (Å²) in [4.78, 5) is 42.8. The summed E-state index contributed by atoms with van der Waals surface area (Å²) in [5.74, 6) is -0.679. The lowest BCUT2D eigenvalue weighted by Crippen LogP contribution is -2.40. The van der Waals surface area contributed by atoms with Crippen LogP contribution in [-0.4, -0.2) is 54.5 Å². The first-order valence-corrected chi connectivity index (χ1v) is 12.6. The number of rotatable bonds is 9. The van der Waals surface area contributed by atoms with Gasteiger partial charge in [-0.05, 0) is 68.3 Å². The number of aryl methyl sites for hydroxylation is 1. The molecular formula is C29H31FN4O5. The van der Waals surface area contributed by atoms with Crippen molar-refractivity contribution in [3.63, 3.8) is 0 Å². The van der Waals surface area contributed by atoms with Crippen molar-refractivity contribution in [1.82, 2.24) is 15.2 Å². The Morgan fingerprint density at radius 2 is 1.87 bits per heavy atom. The van der Waals surface area contributed by atoms with Gasteiger partial charge in [-0.1, -0.05) is 12.1 Å². The maximum Gasteiger partial charge on any atom is 0.415 e. The van der Waals surface area contributed by atoms with Crippen LogP contribution < -0.4 is 15.4 Å². The second-order valence-electron chi connectivity index (χ2n) is 9.15. The average molecular weight is 535 g/mol. The van der Waals surface area contributed by atoms with Gasteiger partial charge in [0.05, 0.1) is 17.7 Å². The number of aromatic amines is 1. The van der Waals surface area contributed by atoms with E-state index >= 15 is 0 Å². The average Bonchev–Trinajstić information content (AvgIpc) is 3.37. The molecule has 1 aliphatic heterocycles. The zero-order valence-electron chi connectivity index (χ0n) is 22.3. The second kappa shape index (κ2) is 12.0. The van der Waals surface area contributed by atoms with Crippen molar-refractivity contribution in [3.8, 4) is 5.75 Å². The molecule has 1 aliphatic rings. The molecule has 0 saturated carbocycles. The molecule has 4 rings (SSSR count). The summed E-state index contributed by atoms with van der Waals surface area (Å²) in [6.45, 7) is 6.71. The van der Waals surface area contributed by atoms with Crippen LogP contribution in [0.25, 0.3) is 11.6 Å². The standard InChI is InChI=1S/C29H31FN4O5/c1-5-34(29(37)39-21-9-6-19(7-10-21)16-38-4)13-12-31-28(36)26-17(2)25(32-18(26)3)15-23-22-14-20(30)8-11-24(22)33-27(23)35/h6-11,14-15,32H,5,12-13,16H2,1-4H3,(H,31,36)(H,33,35)/b23-15-. The first-order chi connectivity index (χ1) is 18.7. The van der Waals surface area contributed by atoms with E-state index in [1.54, 1.807) is 39.2 Å². The summed E-state index contributed by atoms with van der Waals surface area (Å²) < 4.78 is 24.3. The molecule has 2 aromatic carbocycles. The van der Waals surface area contributed by atoms with Crippen molar-refractivity contribution in [3.05, 3.63) is 81.9 Å². The van der Waals surface area contributed by atoms with Gasteiger partial charge in [0.2, 0.25) is 0 Å². The molecule has 0 unspecified atom stereocenters. The van der Waals surface area contributed by atoms with Crippen molar-refractivity contribution < 1.29 is 28.2 Å². The lowest BCUT2D eigenvalue weighted by Gasteiger charge is -2.20. The number of carbonyl (C=O) groups excluding carboxylic acids is 3. The van der Waals surface area contributed by atoms with Crippen LogP contribution >= 0.6 is 0 Å². The van der Waals surface area contributed by atoms with Crippen LogP contribution in [0.3, 0.4) is 0 Å². The van der Waals surface area contributed by atoms with Crippen molar-refractivity contribution in [2.24, 2.45) is 0 Å². The first-order valence-electron chi connectivity index (χ1n) is 12.6. The molecule has 10 heteroatoms. The van der Waals surface area contributed by atoms with E-state index in [0.29, 0.717) is 58.2 Å². The Balaban J connectivity index is 1.39. The maximum absolute atomic E-state index is 13.8. The maximum atomic E-state index is 13.8. The number of amides is 3. The number of fused-ring (bicyclic) bond motifs is 1. The normalized spacial score (nSPS) is 13.3. The highest BCUT2D eigenvalue weighted by Crippen LogP contribution is 2.34. The van der Waals surface area contributed by atoms with E-state index in [1.807, 2.05) is 19.1 Å².